The summed E-state index contributed by atoms with van der Waals surface area (Å²) in [6.07, 6.45) is 2.91. The Morgan fingerprint density at radius 2 is 1.94 bits per heavy atom. The Balaban J connectivity index is 1.91. The summed E-state index contributed by atoms with van der Waals surface area (Å²) in [5.41, 5.74) is 2.29. The Morgan fingerprint density at radius 3 is 2.69 bits per heavy atom. The van der Waals surface area contributed by atoms with Crippen LogP contribution in [0.4, 0.5) is 0 Å². The molecule has 1 heterocycles. The Bertz CT molecular complexity index is 348. The Hall–Kier alpha value is -1.35. The van der Waals surface area contributed by atoms with E-state index in [4.69, 9.17) is 5.21 Å². The van der Waals surface area contributed by atoms with Crippen LogP contribution in [0.5, 0.6) is 0 Å². The van der Waals surface area contributed by atoms with Gasteiger partial charge in [-0.3, -0.25) is 4.90 Å². The third kappa shape index (κ3) is 3.07. The van der Waals surface area contributed by atoms with Gasteiger partial charge in [0.1, 0.15) is 0 Å². The normalized spacial score (nSPS) is 20.9. The van der Waals surface area contributed by atoms with Gasteiger partial charge in [0.25, 0.3) is 0 Å². The van der Waals surface area contributed by atoms with Crippen molar-refractivity contribution in [3.63, 3.8) is 0 Å². The van der Waals surface area contributed by atoms with Gasteiger partial charge in [0.05, 0.1) is 5.71 Å². The van der Waals surface area contributed by atoms with Crippen LogP contribution in [-0.2, 0) is 6.54 Å². The van der Waals surface area contributed by atoms with Crippen molar-refractivity contribution in [2.45, 2.75) is 25.8 Å². The highest BCUT2D eigenvalue weighted by Crippen LogP contribution is 2.11. The summed E-state index contributed by atoms with van der Waals surface area (Å²) < 4.78 is 0. The maximum atomic E-state index is 8.76. The van der Waals surface area contributed by atoms with Gasteiger partial charge < -0.3 is 5.21 Å². The lowest BCUT2D eigenvalue weighted by Gasteiger charge is -2.19. The summed E-state index contributed by atoms with van der Waals surface area (Å²) in [5.74, 6) is 0. The second kappa shape index (κ2) is 5.66. The van der Waals surface area contributed by atoms with Gasteiger partial charge in [-0.15, -0.1) is 0 Å². The van der Waals surface area contributed by atoms with Crippen molar-refractivity contribution >= 4 is 5.71 Å². The summed E-state index contributed by atoms with van der Waals surface area (Å²) in [4.78, 5) is 2.42. The van der Waals surface area contributed by atoms with Gasteiger partial charge in [-0.1, -0.05) is 35.5 Å². The molecule has 1 aliphatic heterocycles. The minimum absolute atomic E-state index is 0.892. The summed E-state index contributed by atoms with van der Waals surface area (Å²) >= 11 is 0. The predicted octanol–water partition coefficient (Wildman–Crippen LogP) is 2.50. The standard InChI is InChI=1S/C13H18N2O/c16-14-13-7-4-9-15(10-8-13)11-12-5-2-1-3-6-12/h1-3,5-6,16H,4,7-11H2/b14-13+. The molecule has 1 saturated heterocycles. The molecule has 1 aliphatic rings. The molecular formula is C13H18N2O. The van der Waals surface area contributed by atoms with Gasteiger partial charge in [-0.25, -0.2) is 0 Å². The first-order valence-electron chi connectivity index (χ1n) is 5.84. The Morgan fingerprint density at radius 1 is 1.12 bits per heavy atom. The number of hydrogen-bond donors (Lipinski definition) is 1. The fraction of sp³-hybridized carbons (Fsp3) is 0.462. The van der Waals surface area contributed by atoms with Crippen LogP contribution >= 0.6 is 0 Å². The lowest BCUT2D eigenvalue weighted by atomic mass is 10.2. The quantitative estimate of drug-likeness (QED) is 0.611. The topological polar surface area (TPSA) is 35.8 Å². The molecule has 0 saturated carbocycles. The zero-order valence-electron chi connectivity index (χ0n) is 9.47. The highest BCUT2D eigenvalue weighted by atomic mass is 16.4. The summed E-state index contributed by atoms with van der Waals surface area (Å²) in [6, 6.07) is 10.5. The van der Waals surface area contributed by atoms with Crippen LogP contribution in [0, 0.1) is 0 Å². The van der Waals surface area contributed by atoms with Crippen molar-refractivity contribution in [2.24, 2.45) is 5.16 Å². The molecule has 0 aliphatic carbocycles. The molecule has 0 amide bonds. The zero-order valence-corrected chi connectivity index (χ0v) is 9.47. The van der Waals surface area contributed by atoms with E-state index in [1.807, 2.05) is 6.07 Å². The largest absolute Gasteiger partial charge is 0.411 e. The van der Waals surface area contributed by atoms with Gasteiger partial charge >= 0.3 is 0 Å². The maximum absolute atomic E-state index is 8.76. The summed E-state index contributed by atoms with van der Waals surface area (Å²) in [7, 11) is 0. The van der Waals surface area contributed by atoms with Crippen molar-refractivity contribution in [2.75, 3.05) is 13.1 Å². The molecule has 1 aromatic carbocycles. The van der Waals surface area contributed by atoms with E-state index >= 15 is 0 Å². The SMILES string of the molecule is O/N=C1\CCCN(Cc2ccccc2)CC1. The molecule has 0 spiro atoms. The molecule has 86 valence electrons. The average Bonchev–Trinajstić information content (AvgIpc) is 2.56. The molecule has 1 N–H and O–H groups in total. The second-order valence-corrected chi connectivity index (χ2v) is 4.28. The van der Waals surface area contributed by atoms with Crippen LogP contribution in [0.25, 0.3) is 0 Å². The average molecular weight is 218 g/mol. The molecule has 3 heteroatoms. The van der Waals surface area contributed by atoms with Crippen molar-refractivity contribution < 1.29 is 5.21 Å². The molecule has 0 atom stereocenters. The molecule has 16 heavy (non-hydrogen) atoms. The molecule has 0 bridgehead atoms. The first-order chi connectivity index (χ1) is 7.88. The van der Waals surface area contributed by atoms with Crippen LogP contribution in [0.1, 0.15) is 24.8 Å². The molecule has 1 aromatic rings. The van der Waals surface area contributed by atoms with Gasteiger partial charge in [0, 0.05) is 19.5 Å². The van der Waals surface area contributed by atoms with Crippen molar-refractivity contribution in [3.05, 3.63) is 35.9 Å². The number of rotatable bonds is 2. The smallest absolute Gasteiger partial charge is 0.0584 e. The first-order valence-corrected chi connectivity index (χ1v) is 5.84. The Kier molecular flexibility index (Phi) is 3.94. The lowest BCUT2D eigenvalue weighted by molar-refractivity contribution is 0.278. The predicted molar refractivity (Wildman–Crippen MR) is 64.8 cm³/mol. The molecule has 3 nitrogen and oxygen atoms in total. The number of hydrogen-bond acceptors (Lipinski definition) is 3. The fourth-order valence-electron chi connectivity index (χ4n) is 2.13. The highest BCUT2D eigenvalue weighted by molar-refractivity contribution is 5.84. The minimum atomic E-state index is 0.892. The summed E-state index contributed by atoms with van der Waals surface area (Å²) in [5, 5.41) is 12.1. The third-order valence-electron chi connectivity index (χ3n) is 3.05. The zero-order chi connectivity index (χ0) is 11.2. The first kappa shape index (κ1) is 11.1. The van der Waals surface area contributed by atoms with Crippen LogP contribution in [0.15, 0.2) is 35.5 Å². The van der Waals surface area contributed by atoms with Gasteiger partial charge in [-0.05, 0) is 24.9 Å². The molecule has 0 aromatic heterocycles. The van der Waals surface area contributed by atoms with E-state index in [0.717, 1.165) is 44.6 Å². The number of nitrogens with zero attached hydrogens (tertiary/aromatic N) is 2. The number of likely N-dealkylation sites (tertiary alicyclic amines) is 1. The molecule has 2 rings (SSSR count). The van der Waals surface area contributed by atoms with Gasteiger partial charge in [0.15, 0.2) is 0 Å². The van der Waals surface area contributed by atoms with Crippen molar-refractivity contribution in [1.82, 2.24) is 4.90 Å². The van der Waals surface area contributed by atoms with E-state index in [1.165, 1.54) is 5.56 Å². The van der Waals surface area contributed by atoms with Crippen LogP contribution in [0.3, 0.4) is 0 Å². The van der Waals surface area contributed by atoms with Crippen molar-refractivity contribution in [1.29, 1.82) is 0 Å². The van der Waals surface area contributed by atoms with E-state index in [9.17, 15) is 0 Å². The second-order valence-electron chi connectivity index (χ2n) is 4.28. The van der Waals surface area contributed by atoms with Crippen LogP contribution in [0.2, 0.25) is 0 Å². The number of benzene rings is 1. The highest BCUT2D eigenvalue weighted by Gasteiger charge is 2.13. The third-order valence-corrected chi connectivity index (χ3v) is 3.05. The maximum Gasteiger partial charge on any atom is 0.0584 e. The van der Waals surface area contributed by atoms with E-state index in [0.29, 0.717) is 0 Å². The molecule has 0 radical (unpaired) electrons. The van der Waals surface area contributed by atoms with E-state index in [-0.39, 0.29) is 0 Å². The van der Waals surface area contributed by atoms with Gasteiger partial charge in [-0.2, -0.15) is 0 Å². The number of oxime groups is 1. The lowest BCUT2D eigenvalue weighted by Crippen LogP contribution is -2.24. The minimum Gasteiger partial charge on any atom is -0.411 e. The van der Waals surface area contributed by atoms with Crippen molar-refractivity contribution in [3.8, 4) is 0 Å². The molecule has 1 fully saturated rings. The monoisotopic (exact) mass is 218 g/mol. The van der Waals surface area contributed by atoms with Crippen LogP contribution in [-0.4, -0.2) is 28.9 Å². The summed E-state index contributed by atoms with van der Waals surface area (Å²) in [6.45, 7) is 3.09. The van der Waals surface area contributed by atoms with E-state index < -0.39 is 0 Å². The Labute approximate surface area is 96.4 Å². The molecular weight excluding hydrogens is 200 g/mol. The fourth-order valence-corrected chi connectivity index (χ4v) is 2.13. The van der Waals surface area contributed by atoms with E-state index in [2.05, 4.69) is 34.3 Å². The van der Waals surface area contributed by atoms with Gasteiger partial charge in [0.2, 0.25) is 0 Å². The molecule has 0 unspecified atom stereocenters. The van der Waals surface area contributed by atoms with E-state index in [1.54, 1.807) is 0 Å². The van der Waals surface area contributed by atoms with Crippen LogP contribution < -0.4 is 0 Å².